The van der Waals surface area contributed by atoms with Crippen molar-refractivity contribution in [3.8, 4) is 5.75 Å². The maximum atomic E-state index is 13.3. The molecule has 0 aliphatic heterocycles. The van der Waals surface area contributed by atoms with E-state index in [4.69, 9.17) is 4.74 Å². The molecule has 0 radical (unpaired) electrons. The summed E-state index contributed by atoms with van der Waals surface area (Å²) in [6, 6.07) is 33.5. The molecule has 0 aliphatic rings. The molecule has 188 valence electrons. The van der Waals surface area contributed by atoms with Gasteiger partial charge in [-0.15, -0.1) is 0 Å². The van der Waals surface area contributed by atoms with Crippen LogP contribution in [0.5, 0.6) is 5.75 Å². The number of benzene rings is 4. The number of carbonyl (C=O) groups excluding carboxylic acids is 2. The number of hydrogen-bond donors (Lipinski definition) is 3. The molecule has 37 heavy (non-hydrogen) atoms. The van der Waals surface area contributed by atoms with Crippen LogP contribution in [0.1, 0.15) is 48.4 Å². The highest BCUT2D eigenvalue weighted by molar-refractivity contribution is 6.02. The quantitative estimate of drug-likeness (QED) is 0.259. The number of ether oxygens (including phenoxy) is 1. The van der Waals surface area contributed by atoms with E-state index in [1.165, 1.54) is 0 Å². The van der Waals surface area contributed by atoms with E-state index in [1.54, 1.807) is 30.3 Å². The molecule has 0 saturated carbocycles. The first-order chi connectivity index (χ1) is 17.8. The van der Waals surface area contributed by atoms with Crippen LogP contribution in [0.15, 0.2) is 109 Å². The molecule has 4 aromatic carbocycles. The van der Waals surface area contributed by atoms with Gasteiger partial charge in [0, 0.05) is 16.9 Å². The zero-order valence-corrected chi connectivity index (χ0v) is 21.2. The van der Waals surface area contributed by atoms with Gasteiger partial charge in [-0.05, 0) is 62.2 Å². The molecule has 0 aromatic heterocycles. The average molecular weight is 494 g/mol. The first kappa shape index (κ1) is 25.5. The lowest BCUT2D eigenvalue weighted by molar-refractivity contribution is 0.0913. The summed E-state index contributed by atoms with van der Waals surface area (Å²) in [5, 5.41) is 8.59. The van der Waals surface area contributed by atoms with E-state index in [0.717, 1.165) is 11.1 Å². The Morgan fingerprint density at radius 2 is 1.19 bits per heavy atom. The van der Waals surface area contributed by atoms with E-state index in [-0.39, 0.29) is 5.91 Å². The minimum absolute atomic E-state index is 0.297. The van der Waals surface area contributed by atoms with Crippen molar-refractivity contribution in [3.05, 3.63) is 126 Å². The third-order valence-electron chi connectivity index (χ3n) is 5.45. The van der Waals surface area contributed by atoms with E-state index in [1.807, 2.05) is 99.6 Å². The molecule has 0 unspecified atom stereocenters. The Bertz CT molecular complexity index is 1300. The molecule has 4 aromatic rings. The lowest BCUT2D eigenvalue weighted by atomic mass is 10.0. The summed E-state index contributed by atoms with van der Waals surface area (Å²) < 4.78 is 6.52. The van der Waals surface area contributed by atoms with Gasteiger partial charge in [-0.3, -0.25) is 4.79 Å². The van der Waals surface area contributed by atoms with Gasteiger partial charge in [0.15, 0.2) is 0 Å². The summed E-state index contributed by atoms with van der Waals surface area (Å²) >= 11 is 0. The maximum Gasteiger partial charge on any atom is 0.323 e. The van der Waals surface area contributed by atoms with Crippen LogP contribution in [-0.2, 0) is 0 Å². The van der Waals surface area contributed by atoms with Crippen LogP contribution >= 0.6 is 0 Å². The van der Waals surface area contributed by atoms with E-state index in [2.05, 4.69) is 16.0 Å². The molecule has 3 amide bonds. The number of nitrogens with one attached hydrogen (secondary N) is 3. The monoisotopic (exact) mass is 493 g/mol. The Balaban J connectivity index is 1.66. The summed E-state index contributed by atoms with van der Waals surface area (Å²) in [6.45, 7) is 5.74. The van der Waals surface area contributed by atoms with Crippen LogP contribution in [0, 0.1) is 0 Å². The van der Waals surface area contributed by atoms with Gasteiger partial charge in [0.25, 0.3) is 5.91 Å². The highest BCUT2D eigenvalue weighted by Gasteiger charge is 2.23. The molecule has 6 heteroatoms. The molecule has 0 aliphatic carbocycles. The van der Waals surface area contributed by atoms with Gasteiger partial charge >= 0.3 is 6.03 Å². The molecule has 0 saturated heterocycles. The third kappa shape index (κ3) is 7.21. The van der Waals surface area contributed by atoms with Gasteiger partial charge in [-0.2, -0.15) is 0 Å². The van der Waals surface area contributed by atoms with Gasteiger partial charge < -0.3 is 20.7 Å². The molecule has 3 N–H and O–H groups in total. The first-order valence-corrected chi connectivity index (χ1v) is 12.1. The standard InChI is InChI=1S/C31H31N3O3/c1-31(2,3)34-29(35)26-21-25(33-30(36)32-24-17-11-6-12-18-24)19-20-27(26)37-28(22-13-7-4-8-14-22)23-15-9-5-10-16-23/h4-21,28H,1-3H3,(H,34,35)(H2,32,33,36). The third-order valence-corrected chi connectivity index (χ3v) is 5.45. The topological polar surface area (TPSA) is 79.5 Å². The van der Waals surface area contributed by atoms with Crippen LogP contribution in [0.2, 0.25) is 0 Å². The number of anilines is 2. The fourth-order valence-corrected chi connectivity index (χ4v) is 3.82. The van der Waals surface area contributed by atoms with Crippen molar-refractivity contribution in [3.63, 3.8) is 0 Å². The minimum Gasteiger partial charge on any atom is -0.480 e. The molecule has 4 rings (SSSR count). The highest BCUT2D eigenvalue weighted by Crippen LogP contribution is 2.32. The highest BCUT2D eigenvalue weighted by atomic mass is 16.5. The fourth-order valence-electron chi connectivity index (χ4n) is 3.82. The molecule has 6 nitrogen and oxygen atoms in total. The van der Waals surface area contributed by atoms with Crippen molar-refractivity contribution < 1.29 is 14.3 Å². The molecule has 0 spiro atoms. The summed E-state index contributed by atoms with van der Waals surface area (Å²) in [6.07, 6.45) is -0.427. The number of para-hydroxylation sites is 1. The van der Waals surface area contributed by atoms with Crippen LogP contribution in [-0.4, -0.2) is 17.5 Å². The second kappa shape index (κ2) is 11.4. The number of rotatable bonds is 7. The molecular formula is C31H31N3O3. The second-order valence-corrected chi connectivity index (χ2v) is 9.68. The van der Waals surface area contributed by atoms with E-state index in [9.17, 15) is 9.59 Å². The number of carbonyl (C=O) groups is 2. The summed E-state index contributed by atoms with van der Waals surface area (Å²) in [7, 11) is 0. The lowest BCUT2D eigenvalue weighted by Gasteiger charge is -2.24. The van der Waals surface area contributed by atoms with Crippen LogP contribution in [0.25, 0.3) is 0 Å². The average Bonchev–Trinajstić information content (AvgIpc) is 2.88. The Kier molecular flexibility index (Phi) is 7.89. The molecular weight excluding hydrogens is 462 g/mol. The van der Waals surface area contributed by atoms with Crippen molar-refractivity contribution in [2.75, 3.05) is 10.6 Å². The van der Waals surface area contributed by atoms with Crippen LogP contribution in [0.3, 0.4) is 0 Å². The van der Waals surface area contributed by atoms with E-state index >= 15 is 0 Å². The van der Waals surface area contributed by atoms with Crippen molar-refractivity contribution in [1.82, 2.24) is 5.32 Å². The predicted molar refractivity (Wildman–Crippen MR) is 148 cm³/mol. The number of urea groups is 1. The predicted octanol–water partition coefficient (Wildman–Crippen LogP) is 7.03. The smallest absolute Gasteiger partial charge is 0.323 e. The second-order valence-electron chi connectivity index (χ2n) is 9.68. The SMILES string of the molecule is CC(C)(C)NC(=O)c1cc(NC(=O)Nc2ccccc2)ccc1OC(c1ccccc1)c1ccccc1. The van der Waals surface area contributed by atoms with Gasteiger partial charge in [0.2, 0.25) is 0 Å². The van der Waals surface area contributed by atoms with Gasteiger partial charge in [0.05, 0.1) is 5.56 Å². The maximum absolute atomic E-state index is 13.3. The molecule has 0 heterocycles. The summed E-state index contributed by atoms with van der Waals surface area (Å²) in [5.74, 6) is 0.114. The first-order valence-electron chi connectivity index (χ1n) is 12.1. The number of hydrogen-bond acceptors (Lipinski definition) is 3. The summed E-state index contributed by atoms with van der Waals surface area (Å²) in [4.78, 5) is 25.9. The molecule has 0 bridgehead atoms. The van der Waals surface area contributed by atoms with E-state index < -0.39 is 17.7 Å². The zero-order valence-electron chi connectivity index (χ0n) is 21.2. The molecule has 0 atom stereocenters. The van der Waals surface area contributed by atoms with Gasteiger partial charge in [0.1, 0.15) is 11.9 Å². The minimum atomic E-state index is -0.458. The zero-order chi connectivity index (χ0) is 26.3. The Morgan fingerprint density at radius 1 is 0.676 bits per heavy atom. The van der Waals surface area contributed by atoms with E-state index in [0.29, 0.717) is 22.7 Å². The Hall–Kier alpha value is -4.58. The lowest BCUT2D eigenvalue weighted by Crippen LogP contribution is -2.40. The van der Waals surface area contributed by atoms with Gasteiger partial charge in [-0.1, -0.05) is 78.9 Å². The van der Waals surface area contributed by atoms with Crippen molar-refractivity contribution in [2.24, 2.45) is 0 Å². The normalized spacial score (nSPS) is 11.0. The van der Waals surface area contributed by atoms with Crippen LogP contribution in [0.4, 0.5) is 16.2 Å². The van der Waals surface area contributed by atoms with Crippen LogP contribution < -0.4 is 20.7 Å². The Labute approximate surface area is 217 Å². The largest absolute Gasteiger partial charge is 0.480 e. The summed E-state index contributed by atoms with van der Waals surface area (Å²) in [5.41, 5.74) is 2.92. The van der Waals surface area contributed by atoms with Crippen molar-refractivity contribution in [2.45, 2.75) is 32.4 Å². The molecule has 0 fully saturated rings. The Morgan fingerprint density at radius 3 is 1.73 bits per heavy atom. The fraction of sp³-hybridized carbons (Fsp3) is 0.161. The van der Waals surface area contributed by atoms with Gasteiger partial charge in [-0.25, -0.2) is 4.79 Å². The van der Waals surface area contributed by atoms with Crippen molar-refractivity contribution in [1.29, 1.82) is 0 Å². The number of amides is 3. The van der Waals surface area contributed by atoms with Crippen molar-refractivity contribution >= 4 is 23.3 Å².